The number of carbonyl (C=O) groups is 1. The summed E-state index contributed by atoms with van der Waals surface area (Å²) in [6.45, 7) is 3.50. The van der Waals surface area contributed by atoms with Crippen LogP contribution in [0.4, 0.5) is 0 Å². The van der Waals surface area contributed by atoms with Crippen molar-refractivity contribution in [3.63, 3.8) is 0 Å². The number of fused-ring (bicyclic) bond motifs is 1. The van der Waals surface area contributed by atoms with Crippen LogP contribution in [0.5, 0.6) is 0 Å². The number of amides is 1. The van der Waals surface area contributed by atoms with Gasteiger partial charge in [0, 0.05) is 37.4 Å². The number of carbonyl (C=O) groups excluding carboxylic acids is 1. The molecule has 0 saturated carbocycles. The lowest BCUT2D eigenvalue weighted by Gasteiger charge is -2.30. The molecule has 1 aliphatic heterocycles. The second-order valence-corrected chi connectivity index (χ2v) is 8.16. The zero-order valence-electron chi connectivity index (χ0n) is 17.6. The summed E-state index contributed by atoms with van der Waals surface area (Å²) >= 11 is 0. The first-order valence-electron chi connectivity index (χ1n) is 10.8. The van der Waals surface area contributed by atoms with Crippen molar-refractivity contribution in [3.05, 3.63) is 72.1 Å². The zero-order valence-corrected chi connectivity index (χ0v) is 17.6. The predicted octanol–water partition coefficient (Wildman–Crippen LogP) is 5.13. The maximum absolute atomic E-state index is 12.7. The van der Waals surface area contributed by atoms with E-state index in [1.807, 2.05) is 53.4 Å². The van der Waals surface area contributed by atoms with Crippen LogP contribution in [0.25, 0.3) is 22.4 Å². The molecule has 0 unspecified atom stereocenters. The van der Waals surface area contributed by atoms with Gasteiger partial charge in [-0.05, 0) is 31.9 Å². The zero-order chi connectivity index (χ0) is 21.2. The van der Waals surface area contributed by atoms with Gasteiger partial charge >= 0.3 is 0 Å². The van der Waals surface area contributed by atoms with Crippen LogP contribution in [-0.4, -0.2) is 33.9 Å². The molecule has 1 aliphatic rings. The number of aromatic nitrogens is 2. The van der Waals surface area contributed by atoms with Gasteiger partial charge < -0.3 is 13.7 Å². The van der Waals surface area contributed by atoms with Gasteiger partial charge in [0.1, 0.15) is 5.52 Å². The van der Waals surface area contributed by atoms with E-state index in [9.17, 15) is 4.79 Å². The van der Waals surface area contributed by atoms with E-state index in [-0.39, 0.29) is 11.8 Å². The van der Waals surface area contributed by atoms with E-state index in [0.717, 1.165) is 54.2 Å². The summed E-state index contributed by atoms with van der Waals surface area (Å²) in [7, 11) is 0. The molecule has 5 rings (SSSR count). The van der Waals surface area contributed by atoms with Crippen molar-refractivity contribution in [2.75, 3.05) is 13.1 Å². The second-order valence-electron chi connectivity index (χ2n) is 8.16. The van der Waals surface area contributed by atoms with Crippen LogP contribution in [0.15, 0.2) is 63.6 Å². The molecule has 6 heteroatoms. The number of nitrogens with zero attached hydrogens (tertiary/aromatic N) is 3. The number of hydrogen-bond acceptors (Lipinski definition) is 5. The lowest BCUT2D eigenvalue weighted by atomic mass is 9.96. The molecular formula is C25H25N3O3. The molecule has 6 nitrogen and oxygen atoms in total. The average Bonchev–Trinajstić information content (AvgIpc) is 3.45. The summed E-state index contributed by atoms with van der Waals surface area (Å²) in [6, 6.07) is 16.0. The van der Waals surface area contributed by atoms with Crippen LogP contribution in [0, 0.1) is 6.92 Å². The first-order valence-corrected chi connectivity index (χ1v) is 10.8. The first-order chi connectivity index (χ1) is 15.2. The fraction of sp³-hybridized carbons (Fsp3) is 0.320. The number of piperidine rings is 1. The van der Waals surface area contributed by atoms with Gasteiger partial charge in [0.05, 0.1) is 6.20 Å². The van der Waals surface area contributed by atoms with Crippen LogP contribution in [0.2, 0.25) is 0 Å². The normalized spacial score (nSPS) is 14.9. The van der Waals surface area contributed by atoms with Crippen molar-refractivity contribution >= 4 is 17.0 Å². The Kier molecular flexibility index (Phi) is 5.28. The lowest BCUT2D eigenvalue weighted by Crippen LogP contribution is -2.38. The van der Waals surface area contributed by atoms with E-state index in [0.29, 0.717) is 18.7 Å². The van der Waals surface area contributed by atoms with Crippen molar-refractivity contribution in [2.45, 2.75) is 38.5 Å². The van der Waals surface area contributed by atoms with Crippen molar-refractivity contribution in [1.82, 2.24) is 14.9 Å². The van der Waals surface area contributed by atoms with E-state index in [1.54, 1.807) is 6.20 Å². The standard InChI is InChI=1S/C25H25N3O3/c1-17-6-8-18(9-7-17)22-16-26-23(30-22)10-11-24(29)28-14-12-19(13-15-28)25-27-20-4-2-3-5-21(20)31-25/h2-9,16,19H,10-15H2,1H3. The number of para-hydroxylation sites is 2. The molecule has 4 aromatic rings. The van der Waals surface area contributed by atoms with Crippen LogP contribution >= 0.6 is 0 Å². The van der Waals surface area contributed by atoms with Crippen molar-refractivity contribution in [1.29, 1.82) is 0 Å². The summed E-state index contributed by atoms with van der Waals surface area (Å²) in [4.78, 5) is 23.6. The highest BCUT2D eigenvalue weighted by atomic mass is 16.4. The molecule has 3 heterocycles. The number of oxazole rings is 2. The molecule has 0 bridgehead atoms. The Morgan fingerprint density at radius 2 is 1.84 bits per heavy atom. The molecule has 1 fully saturated rings. The molecule has 0 atom stereocenters. The molecule has 1 saturated heterocycles. The molecule has 1 amide bonds. The maximum atomic E-state index is 12.7. The third-order valence-corrected chi connectivity index (χ3v) is 5.95. The van der Waals surface area contributed by atoms with E-state index < -0.39 is 0 Å². The third-order valence-electron chi connectivity index (χ3n) is 5.95. The fourth-order valence-electron chi connectivity index (χ4n) is 4.09. The second kappa shape index (κ2) is 8.38. The van der Waals surface area contributed by atoms with Gasteiger partial charge in [-0.15, -0.1) is 0 Å². The highest BCUT2D eigenvalue weighted by molar-refractivity contribution is 5.76. The molecular weight excluding hydrogens is 390 g/mol. The van der Waals surface area contributed by atoms with E-state index in [1.165, 1.54) is 5.56 Å². The van der Waals surface area contributed by atoms with Gasteiger partial charge in [-0.2, -0.15) is 0 Å². The SMILES string of the molecule is Cc1ccc(-c2cnc(CCC(=O)N3CCC(c4nc5ccccc5o4)CC3)o2)cc1. The Labute approximate surface area is 180 Å². The van der Waals surface area contributed by atoms with Gasteiger partial charge in [0.25, 0.3) is 0 Å². The molecule has 0 radical (unpaired) electrons. The third kappa shape index (κ3) is 4.24. The number of rotatable bonds is 5. The molecule has 31 heavy (non-hydrogen) atoms. The number of aryl methyl sites for hydroxylation is 2. The molecule has 0 N–H and O–H groups in total. The Morgan fingerprint density at radius 1 is 1.06 bits per heavy atom. The van der Waals surface area contributed by atoms with E-state index in [2.05, 4.69) is 16.9 Å². The molecule has 0 spiro atoms. The van der Waals surface area contributed by atoms with E-state index in [4.69, 9.17) is 8.83 Å². The minimum absolute atomic E-state index is 0.145. The monoisotopic (exact) mass is 415 g/mol. The average molecular weight is 415 g/mol. The number of hydrogen-bond donors (Lipinski definition) is 0. The highest BCUT2D eigenvalue weighted by Crippen LogP contribution is 2.30. The molecule has 0 aliphatic carbocycles. The molecule has 2 aromatic carbocycles. The van der Waals surface area contributed by atoms with Crippen molar-refractivity contribution in [2.24, 2.45) is 0 Å². The Hall–Kier alpha value is -3.41. The van der Waals surface area contributed by atoms with Gasteiger partial charge in [-0.3, -0.25) is 4.79 Å². The lowest BCUT2D eigenvalue weighted by molar-refractivity contribution is -0.132. The predicted molar refractivity (Wildman–Crippen MR) is 118 cm³/mol. The van der Waals surface area contributed by atoms with Gasteiger partial charge in [-0.1, -0.05) is 42.0 Å². The largest absolute Gasteiger partial charge is 0.441 e. The van der Waals surface area contributed by atoms with Crippen molar-refractivity contribution in [3.8, 4) is 11.3 Å². The van der Waals surface area contributed by atoms with Gasteiger partial charge in [0.2, 0.25) is 5.91 Å². The van der Waals surface area contributed by atoms with Crippen LogP contribution in [-0.2, 0) is 11.2 Å². The van der Waals surface area contributed by atoms with Gasteiger partial charge in [-0.25, -0.2) is 9.97 Å². The minimum atomic E-state index is 0.145. The minimum Gasteiger partial charge on any atom is -0.441 e. The molecule has 2 aromatic heterocycles. The summed E-state index contributed by atoms with van der Waals surface area (Å²) in [6.07, 6.45) is 4.39. The number of benzene rings is 2. The number of likely N-dealkylation sites (tertiary alicyclic amines) is 1. The smallest absolute Gasteiger partial charge is 0.223 e. The first kappa shape index (κ1) is 19.5. The van der Waals surface area contributed by atoms with Gasteiger partial charge in [0.15, 0.2) is 23.1 Å². The summed E-state index contributed by atoms with van der Waals surface area (Å²) in [5.41, 5.74) is 3.92. The van der Waals surface area contributed by atoms with Crippen LogP contribution < -0.4 is 0 Å². The Bertz CT molecular complexity index is 1150. The Morgan fingerprint density at radius 3 is 2.61 bits per heavy atom. The summed E-state index contributed by atoms with van der Waals surface area (Å²) in [5.74, 6) is 2.54. The van der Waals surface area contributed by atoms with Crippen LogP contribution in [0.1, 0.15) is 42.5 Å². The Balaban J connectivity index is 1.14. The fourth-order valence-corrected chi connectivity index (χ4v) is 4.09. The quantitative estimate of drug-likeness (QED) is 0.452. The summed E-state index contributed by atoms with van der Waals surface area (Å²) < 4.78 is 11.8. The van der Waals surface area contributed by atoms with Crippen molar-refractivity contribution < 1.29 is 13.6 Å². The topological polar surface area (TPSA) is 72.4 Å². The summed E-state index contributed by atoms with van der Waals surface area (Å²) in [5, 5.41) is 0. The highest BCUT2D eigenvalue weighted by Gasteiger charge is 2.27. The van der Waals surface area contributed by atoms with E-state index >= 15 is 0 Å². The van der Waals surface area contributed by atoms with Crippen LogP contribution in [0.3, 0.4) is 0 Å². The maximum Gasteiger partial charge on any atom is 0.223 e. The molecule has 158 valence electrons.